The summed E-state index contributed by atoms with van der Waals surface area (Å²) in [5, 5.41) is 13.0. The molecule has 22 heavy (non-hydrogen) atoms. The Morgan fingerprint density at radius 3 is 2.64 bits per heavy atom. The molecule has 1 fully saturated rings. The lowest BCUT2D eigenvalue weighted by Gasteiger charge is -2.28. The fourth-order valence-electron chi connectivity index (χ4n) is 3.11. The van der Waals surface area contributed by atoms with Crippen molar-refractivity contribution < 1.29 is 9.90 Å². The van der Waals surface area contributed by atoms with Gasteiger partial charge in [0.25, 0.3) is 0 Å². The minimum absolute atomic E-state index is 0.0357. The standard InChI is InChI=1S/C17H27N3O2/c1-12(2)16(13-7-9-18-10-8-13)19-17(22)20(3)11-14-5-4-6-15(14)21/h7-10,12,14-16,21H,4-6,11H2,1-3H3,(H,19,22)/t14-,15-,16+/m0/s1. The Morgan fingerprint density at radius 1 is 1.41 bits per heavy atom. The number of carbonyl (C=O) groups is 1. The Morgan fingerprint density at radius 2 is 2.09 bits per heavy atom. The largest absolute Gasteiger partial charge is 0.393 e. The van der Waals surface area contributed by atoms with Crippen LogP contribution >= 0.6 is 0 Å². The zero-order valence-corrected chi connectivity index (χ0v) is 13.7. The van der Waals surface area contributed by atoms with E-state index in [0.29, 0.717) is 6.54 Å². The number of aromatic nitrogens is 1. The molecule has 0 radical (unpaired) electrons. The Bertz CT molecular complexity index is 478. The summed E-state index contributed by atoms with van der Waals surface area (Å²) >= 11 is 0. The number of aliphatic hydroxyl groups is 1. The maximum atomic E-state index is 12.4. The molecule has 0 saturated heterocycles. The van der Waals surface area contributed by atoms with E-state index in [4.69, 9.17) is 0 Å². The maximum absolute atomic E-state index is 12.4. The average molecular weight is 305 g/mol. The molecule has 1 aliphatic rings. The number of hydrogen-bond acceptors (Lipinski definition) is 3. The van der Waals surface area contributed by atoms with Crippen LogP contribution in [-0.2, 0) is 0 Å². The van der Waals surface area contributed by atoms with E-state index in [1.807, 2.05) is 12.1 Å². The van der Waals surface area contributed by atoms with Crippen LogP contribution in [0.25, 0.3) is 0 Å². The summed E-state index contributed by atoms with van der Waals surface area (Å²) in [6.45, 7) is 4.78. The molecule has 5 nitrogen and oxygen atoms in total. The maximum Gasteiger partial charge on any atom is 0.317 e. The van der Waals surface area contributed by atoms with Gasteiger partial charge in [0.2, 0.25) is 0 Å². The van der Waals surface area contributed by atoms with Crippen molar-refractivity contribution in [1.29, 1.82) is 0 Å². The fourth-order valence-corrected chi connectivity index (χ4v) is 3.11. The van der Waals surface area contributed by atoms with Crippen LogP contribution in [0.2, 0.25) is 0 Å². The normalized spacial score (nSPS) is 22.6. The van der Waals surface area contributed by atoms with Crippen molar-refractivity contribution in [3.05, 3.63) is 30.1 Å². The number of aliphatic hydroxyl groups excluding tert-OH is 1. The minimum Gasteiger partial charge on any atom is -0.393 e. The van der Waals surface area contributed by atoms with Crippen LogP contribution in [0.4, 0.5) is 4.79 Å². The number of nitrogens with one attached hydrogen (secondary N) is 1. The van der Waals surface area contributed by atoms with Gasteiger partial charge >= 0.3 is 6.03 Å². The van der Waals surface area contributed by atoms with Gasteiger partial charge in [0.1, 0.15) is 0 Å². The third-order valence-corrected chi connectivity index (χ3v) is 4.48. The lowest BCUT2D eigenvalue weighted by Crippen LogP contribution is -2.43. The Balaban J connectivity index is 1.96. The van der Waals surface area contributed by atoms with E-state index in [0.717, 1.165) is 24.8 Å². The molecule has 0 aliphatic heterocycles. The van der Waals surface area contributed by atoms with E-state index in [1.165, 1.54) is 0 Å². The summed E-state index contributed by atoms with van der Waals surface area (Å²) in [5.74, 6) is 0.492. The number of pyridine rings is 1. The summed E-state index contributed by atoms with van der Waals surface area (Å²) in [5.41, 5.74) is 1.06. The molecule has 1 aliphatic carbocycles. The highest BCUT2D eigenvalue weighted by molar-refractivity contribution is 5.74. The summed E-state index contributed by atoms with van der Waals surface area (Å²) in [6, 6.07) is 3.75. The second-order valence-corrected chi connectivity index (χ2v) is 6.59. The molecule has 1 heterocycles. The monoisotopic (exact) mass is 305 g/mol. The Labute approximate surface area is 132 Å². The second kappa shape index (κ2) is 7.58. The van der Waals surface area contributed by atoms with Crippen LogP contribution in [0.15, 0.2) is 24.5 Å². The van der Waals surface area contributed by atoms with Crippen molar-refractivity contribution in [3.63, 3.8) is 0 Å². The topological polar surface area (TPSA) is 65.5 Å². The smallest absolute Gasteiger partial charge is 0.317 e. The molecular formula is C17H27N3O2. The zero-order valence-electron chi connectivity index (χ0n) is 13.7. The molecule has 0 bridgehead atoms. The summed E-state index contributed by atoms with van der Waals surface area (Å²) in [4.78, 5) is 18.2. The van der Waals surface area contributed by atoms with Gasteiger partial charge in [-0.3, -0.25) is 4.98 Å². The second-order valence-electron chi connectivity index (χ2n) is 6.59. The van der Waals surface area contributed by atoms with E-state index in [1.54, 1.807) is 24.3 Å². The van der Waals surface area contributed by atoms with E-state index >= 15 is 0 Å². The average Bonchev–Trinajstić information content (AvgIpc) is 2.90. The third-order valence-electron chi connectivity index (χ3n) is 4.48. The fraction of sp³-hybridized carbons (Fsp3) is 0.647. The number of carbonyl (C=O) groups excluding carboxylic acids is 1. The van der Waals surface area contributed by atoms with Crippen molar-refractivity contribution in [1.82, 2.24) is 15.2 Å². The van der Waals surface area contributed by atoms with Crippen molar-refractivity contribution in [3.8, 4) is 0 Å². The van der Waals surface area contributed by atoms with Gasteiger partial charge in [-0.25, -0.2) is 4.79 Å². The van der Waals surface area contributed by atoms with Crippen molar-refractivity contribution in [2.75, 3.05) is 13.6 Å². The first kappa shape index (κ1) is 16.7. The predicted octanol–water partition coefficient (Wildman–Crippen LogP) is 2.58. The van der Waals surface area contributed by atoms with Crippen LogP contribution in [0, 0.1) is 11.8 Å². The van der Waals surface area contributed by atoms with Crippen LogP contribution in [0.5, 0.6) is 0 Å². The number of urea groups is 1. The van der Waals surface area contributed by atoms with E-state index in [9.17, 15) is 9.90 Å². The highest BCUT2D eigenvalue weighted by atomic mass is 16.3. The van der Waals surface area contributed by atoms with Gasteiger partial charge in [0, 0.05) is 31.9 Å². The lowest BCUT2D eigenvalue weighted by atomic mass is 9.97. The molecule has 1 saturated carbocycles. The molecule has 5 heteroatoms. The molecular weight excluding hydrogens is 278 g/mol. The molecule has 1 aromatic rings. The van der Waals surface area contributed by atoms with Gasteiger partial charge in [-0.2, -0.15) is 0 Å². The van der Waals surface area contributed by atoms with Crippen molar-refractivity contribution >= 4 is 6.03 Å². The predicted molar refractivity (Wildman–Crippen MR) is 86.3 cm³/mol. The van der Waals surface area contributed by atoms with Crippen molar-refractivity contribution in [2.45, 2.75) is 45.3 Å². The molecule has 122 valence electrons. The SMILES string of the molecule is CC(C)[C@@H](NC(=O)N(C)C[C@@H]1CCC[C@@H]1O)c1ccncc1. The number of nitrogens with zero attached hydrogens (tertiary/aromatic N) is 2. The number of rotatable bonds is 5. The number of hydrogen-bond donors (Lipinski definition) is 2. The van der Waals surface area contributed by atoms with Crippen LogP contribution < -0.4 is 5.32 Å². The molecule has 2 amide bonds. The first-order chi connectivity index (χ1) is 10.5. The molecule has 0 aromatic carbocycles. The molecule has 3 atom stereocenters. The molecule has 0 unspecified atom stereocenters. The van der Waals surface area contributed by atoms with E-state index in [2.05, 4.69) is 24.1 Å². The lowest BCUT2D eigenvalue weighted by molar-refractivity contribution is 0.113. The first-order valence-corrected chi connectivity index (χ1v) is 8.08. The highest BCUT2D eigenvalue weighted by Gasteiger charge is 2.28. The molecule has 2 N–H and O–H groups in total. The third kappa shape index (κ3) is 4.19. The van der Waals surface area contributed by atoms with E-state index in [-0.39, 0.29) is 30.0 Å². The van der Waals surface area contributed by atoms with Gasteiger partial charge in [0.05, 0.1) is 12.1 Å². The minimum atomic E-state index is -0.267. The van der Waals surface area contributed by atoms with Gasteiger partial charge in [-0.15, -0.1) is 0 Å². The highest BCUT2D eigenvalue weighted by Crippen LogP contribution is 2.26. The Kier molecular flexibility index (Phi) is 5.77. The zero-order chi connectivity index (χ0) is 16.1. The van der Waals surface area contributed by atoms with Crippen molar-refractivity contribution in [2.24, 2.45) is 11.8 Å². The van der Waals surface area contributed by atoms with Gasteiger partial charge < -0.3 is 15.3 Å². The van der Waals surface area contributed by atoms with E-state index < -0.39 is 0 Å². The van der Waals surface area contributed by atoms with Gasteiger partial charge in [-0.05, 0) is 36.5 Å². The quantitative estimate of drug-likeness (QED) is 0.878. The molecule has 0 spiro atoms. The summed E-state index contributed by atoms with van der Waals surface area (Å²) in [6.07, 6.45) is 6.12. The Hall–Kier alpha value is -1.62. The van der Waals surface area contributed by atoms with Crippen LogP contribution in [-0.4, -0.2) is 40.7 Å². The van der Waals surface area contributed by atoms with Crippen LogP contribution in [0.3, 0.4) is 0 Å². The van der Waals surface area contributed by atoms with Crippen LogP contribution in [0.1, 0.15) is 44.7 Å². The molecule has 2 rings (SSSR count). The summed E-state index contributed by atoms with van der Waals surface area (Å²) < 4.78 is 0. The molecule has 1 aromatic heterocycles. The first-order valence-electron chi connectivity index (χ1n) is 8.08. The summed E-state index contributed by atoms with van der Waals surface area (Å²) in [7, 11) is 1.80. The van der Waals surface area contributed by atoms with Gasteiger partial charge in [0.15, 0.2) is 0 Å². The number of amides is 2. The van der Waals surface area contributed by atoms with Gasteiger partial charge in [-0.1, -0.05) is 20.3 Å².